The molecule has 0 radical (unpaired) electrons. The van der Waals surface area contributed by atoms with Gasteiger partial charge in [0, 0.05) is 16.0 Å². The molecule has 0 aliphatic heterocycles. The van der Waals surface area contributed by atoms with Gasteiger partial charge in [-0.3, -0.25) is 14.4 Å². The molecule has 1 aliphatic carbocycles. The van der Waals surface area contributed by atoms with Crippen LogP contribution in [0, 0.1) is 5.82 Å². The molecule has 1 aromatic carbocycles. The zero-order valence-electron chi connectivity index (χ0n) is 17.7. The predicted octanol–water partition coefficient (Wildman–Crippen LogP) is 4.27. The first-order chi connectivity index (χ1) is 15.2. The first-order valence-corrected chi connectivity index (χ1v) is 11.4. The molecule has 1 aromatic rings. The lowest BCUT2D eigenvalue weighted by Crippen LogP contribution is -2.40. The number of nitrogens with zero attached hydrogens (tertiary/aromatic N) is 1. The quantitative estimate of drug-likeness (QED) is 0.310. The van der Waals surface area contributed by atoms with Gasteiger partial charge in [-0.25, -0.2) is 14.1 Å². The molecule has 32 heavy (non-hydrogen) atoms. The standard InChI is InChI=1S/C21H22Cl2FNO6S/c1-11(20(28)30-2)32-17-9-16(15(24)8-14(17)23)25(18(26)10-22)19(27)12-6-4-5-7-13(12)21(29)31-3/h8-9,11H,4-7,10H2,1-3H3. The SMILES string of the molecule is COC(=O)C1=C(C(=O)N(C(=O)CCl)c2cc(SC(C)C(=O)OC)c(Cl)cc2F)CCCC1. The third-order valence-electron chi connectivity index (χ3n) is 4.80. The number of benzene rings is 1. The molecule has 0 fully saturated rings. The Kier molecular flexibility index (Phi) is 9.54. The monoisotopic (exact) mass is 505 g/mol. The maximum absolute atomic E-state index is 14.9. The molecule has 0 N–H and O–H groups in total. The summed E-state index contributed by atoms with van der Waals surface area (Å²) in [6, 6.07) is 2.15. The Hall–Kier alpha value is -2.10. The van der Waals surface area contributed by atoms with Crippen molar-refractivity contribution in [2.24, 2.45) is 0 Å². The molecule has 0 saturated heterocycles. The largest absolute Gasteiger partial charge is 0.468 e. The number of halogens is 3. The van der Waals surface area contributed by atoms with Gasteiger partial charge in [-0.2, -0.15) is 0 Å². The number of esters is 2. The molecule has 11 heteroatoms. The van der Waals surface area contributed by atoms with E-state index < -0.39 is 40.7 Å². The van der Waals surface area contributed by atoms with Gasteiger partial charge in [0.1, 0.15) is 16.9 Å². The van der Waals surface area contributed by atoms with Crippen LogP contribution in [0.5, 0.6) is 0 Å². The van der Waals surface area contributed by atoms with E-state index in [1.807, 2.05) is 0 Å². The van der Waals surface area contributed by atoms with Gasteiger partial charge in [0.25, 0.3) is 5.91 Å². The summed E-state index contributed by atoms with van der Waals surface area (Å²) in [6.45, 7) is 1.57. The van der Waals surface area contributed by atoms with Crippen molar-refractivity contribution < 1.29 is 33.0 Å². The molecule has 0 heterocycles. The van der Waals surface area contributed by atoms with Gasteiger partial charge in [0.15, 0.2) is 0 Å². The topological polar surface area (TPSA) is 90.0 Å². The van der Waals surface area contributed by atoms with E-state index in [-0.39, 0.29) is 33.2 Å². The molecule has 1 aliphatic rings. The van der Waals surface area contributed by atoms with Crippen LogP contribution < -0.4 is 4.90 Å². The minimum Gasteiger partial charge on any atom is -0.468 e. The van der Waals surface area contributed by atoms with Gasteiger partial charge in [-0.05, 0) is 44.7 Å². The van der Waals surface area contributed by atoms with E-state index in [4.69, 9.17) is 27.9 Å². The average Bonchev–Trinajstić information content (AvgIpc) is 2.80. The first kappa shape index (κ1) is 26.2. The normalized spacial score (nSPS) is 14.6. The van der Waals surface area contributed by atoms with Gasteiger partial charge in [-0.15, -0.1) is 23.4 Å². The first-order valence-electron chi connectivity index (χ1n) is 9.63. The van der Waals surface area contributed by atoms with Gasteiger partial charge in [0.05, 0.1) is 24.9 Å². The van der Waals surface area contributed by atoms with Crippen LogP contribution in [0.25, 0.3) is 0 Å². The number of ether oxygens (including phenoxy) is 2. The Morgan fingerprint density at radius 2 is 1.75 bits per heavy atom. The number of carbonyl (C=O) groups is 4. The zero-order chi connectivity index (χ0) is 24.0. The fourth-order valence-corrected chi connectivity index (χ4v) is 4.55. The minimum absolute atomic E-state index is 0.00939. The Morgan fingerprint density at radius 1 is 1.12 bits per heavy atom. The fraction of sp³-hybridized carbons (Fsp3) is 0.429. The van der Waals surface area contributed by atoms with Crippen LogP contribution in [0.2, 0.25) is 5.02 Å². The highest BCUT2D eigenvalue weighted by atomic mass is 35.5. The Bertz CT molecular complexity index is 968. The number of carbonyl (C=O) groups excluding carboxylic acids is 4. The van der Waals surface area contributed by atoms with Crippen molar-refractivity contribution in [2.45, 2.75) is 42.8 Å². The second kappa shape index (κ2) is 11.7. The molecule has 2 rings (SSSR count). The van der Waals surface area contributed by atoms with E-state index in [0.29, 0.717) is 24.2 Å². The van der Waals surface area contributed by atoms with Crippen LogP contribution in [0.1, 0.15) is 32.6 Å². The molecule has 2 amide bonds. The highest BCUT2D eigenvalue weighted by Gasteiger charge is 2.33. The zero-order valence-corrected chi connectivity index (χ0v) is 20.0. The third kappa shape index (κ3) is 5.82. The van der Waals surface area contributed by atoms with E-state index in [1.54, 1.807) is 6.92 Å². The Morgan fingerprint density at radius 3 is 2.31 bits per heavy atom. The van der Waals surface area contributed by atoms with E-state index in [0.717, 1.165) is 17.8 Å². The molecule has 0 aromatic heterocycles. The summed E-state index contributed by atoms with van der Waals surface area (Å²) in [5, 5.41) is -0.694. The summed E-state index contributed by atoms with van der Waals surface area (Å²) in [5.41, 5.74) is -0.153. The number of thioether (sulfide) groups is 1. The number of hydrogen-bond acceptors (Lipinski definition) is 7. The highest BCUT2D eigenvalue weighted by molar-refractivity contribution is 8.00. The summed E-state index contributed by atoms with van der Waals surface area (Å²) in [6.07, 6.45) is 1.82. The lowest BCUT2D eigenvalue weighted by molar-refractivity contribution is -0.139. The summed E-state index contributed by atoms with van der Waals surface area (Å²) in [5.74, 6) is -4.47. The highest BCUT2D eigenvalue weighted by Crippen LogP contribution is 2.37. The maximum Gasteiger partial charge on any atom is 0.334 e. The Labute approximate surface area is 199 Å². The maximum atomic E-state index is 14.9. The molecule has 0 saturated carbocycles. The van der Waals surface area contributed by atoms with Gasteiger partial charge < -0.3 is 9.47 Å². The van der Waals surface area contributed by atoms with Gasteiger partial charge >= 0.3 is 11.9 Å². The van der Waals surface area contributed by atoms with E-state index >= 15 is 0 Å². The summed E-state index contributed by atoms with van der Waals surface area (Å²) >= 11 is 12.8. The average molecular weight is 506 g/mol. The van der Waals surface area contributed by atoms with Crippen molar-refractivity contribution in [1.29, 1.82) is 0 Å². The molecule has 174 valence electrons. The number of imide groups is 1. The van der Waals surface area contributed by atoms with Crippen LogP contribution in [0.4, 0.5) is 10.1 Å². The number of methoxy groups -OCH3 is 2. The number of alkyl halides is 1. The number of anilines is 1. The van der Waals surface area contributed by atoms with Crippen molar-refractivity contribution >= 4 is 64.4 Å². The number of amides is 2. The molecule has 1 atom stereocenters. The predicted molar refractivity (Wildman–Crippen MR) is 119 cm³/mol. The second-order valence-corrected chi connectivity index (χ2v) is 8.90. The molecule has 7 nitrogen and oxygen atoms in total. The lowest BCUT2D eigenvalue weighted by atomic mass is 9.90. The minimum atomic E-state index is -0.937. The summed E-state index contributed by atoms with van der Waals surface area (Å²) < 4.78 is 24.3. The van der Waals surface area contributed by atoms with Crippen LogP contribution in [0.15, 0.2) is 28.2 Å². The van der Waals surface area contributed by atoms with E-state index in [1.165, 1.54) is 20.3 Å². The van der Waals surface area contributed by atoms with Crippen molar-refractivity contribution in [3.05, 3.63) is 34.1 Å². The molecule has 0 spiro atoms. The summed E-state index contributed by atoms with van der Waals surface area (Å²) in [4.78, 5) is 50.8. The van der Waals surface area contributed by atoms with E-state index in [2.05, 4.69) is 4.74 Å². The third-order valence-corrected chi connectivity index (χ3v) is 6.59. The van der Waals surface area contributed by atoms with Crippen molar-refractivity contribution in [3.8, 4) is 0 Å². The number of hydrogen-bond donors (Lipinski definition) is 0. The number of rotatable bonds is 7. The smallest absolute Gasteiger partial charge is 0.334 e. The Balaban J connectivity index is 2.58. The summed E-state index contributed by atoms with van der Waals surface area (Å²) in [7, 11) is 2.42. The van der Waals surface area contributed by atoms with E-state index in [9.17, 15) is 23.6 Å². The fourth-order valence-electron chi connectivity index (χ4n) is 3.23. The lowest BCUT2D eigenvalue weighted by Gasteiger charge is -2.26. The van der Waals surface area contributed by atoms with Crippen LogP contribution in [-0.2, 0) is 28.7 Å². The van der Waals surface area contributed by atoms with Crippen LogP contribution in [0.3, 0.4) is 0 Å². The van der Waals surface area contributed by atoms with Crippen molar-refractivity contribution in [2.75, 3.05) is 25.0 Å². The van der Waals surface area contributed by atoms with Crippen molar-refractivity contribution in [3.63, 3.8) is 0 Å². The van der Waals surface area contributed by atoms with Crippen molar-refractivity contribution in [1.82, 2.24) is 0 Å². The van der Waals surface area contributed by atoms with Gasteiger partial charge in [-0.1, -0.05) is 11.6 Å². The second-order valence-electron chi connectivity index (χ2n) is 6.84. The molecular weight excluding hydrogens is 484 g/mol. The molecule has 0 bridgehead atoms. The van der Waals surface area contributed by atoms with Crippen LogP contribution >= 0.6 is 35.0 Å². The van der Waals surface area contributed by atoms with Gasteiger partial charge in [0.2, 0.25) is 5.91 Å². The van der Waals surface area contributed by atoms with Crippen LogP contribution in [-0.4, -0.2) is 49.1 Å². The molecule has 1 unspecified atom stereocenters. The molecular formula is C21H22Cl2FNO6S.